The number of nitrogens with two attached hydrogens (primary N) is 1. The van der Waals surface area contributed by atoms with Crippen LogP contribution in [0.25, 0.3) is 0 Å². The number of benzene rings is 1. The van der Waals surface area contributed by atoms with Gasteiger partial charge in [-0.1, -0.05) is 11.6 Å². The van der Waals surface area contributed by atoms with Crippen LogP contribution in [0.4, 0.5) is 5.69 Å². The highest BCUT2D eigenvalue weighted by atomic mass is 35.5. The van der Waals surface area contributed by atoms with Gasteiger partial charge in [0.05, 0.1) is 24.9 Å². The zero-order chi connectivity index (χ0) is 14.7. The van der Waals surface area contributed by atoms with Crippen molar-refractivity contribution >= 4 is 23.2 Å². The molecule has 1 aliphatic carbocycles. The maximum absolute atomic E-state index is 12.0. The van der Waals surface area contributed by atoms with E-state index in [4.69, 9.17) is 26.8 Å². The summed E-state index contributed by atoms with van der Waals surface area (Å²) in [6.07, 6.45) is 2.54. The first kappa shape index (κ1) is 14.9. The maximum atomic E-state index is 12.0. The van der Waals surface area contributed by atoms with Crippen LogP contribution >= 0.6 is 11.6 Å². The third-order valence-electron chi connectivity index (χ3n) is 3.40. The number of carbonyl (C=O) groups excluding carboxylic acids is 1. The molecule has 0 bridgehead atoms. The van der Waals surface area contributed by atoms with Gasteiger partial charge in [0.2, 0.25) is 5.91 Å². The normalized spacial score (nSPS) is 15.6. The standard InChI is InChI=1S/C14H19ClN2O3/c1-19-12-7-11(13(20-2)5-9(12)15)17-14(18)6-10(16)8-3-4-8/h5,7-8,10H,3-4,6,16H2,1-2H3,(H,17,18). The Bertz CT molecular complexity index is 503. The van der Waals surface area contributed by atoms with E-state index in [0.29, 0.717) is 34.5 Å². The molecule has 1 saturated carbocycles. The lowest BCUT2D eigenvalue weighted by Crippen LogP contribution is -2.28. The minimum atomic E-state index is -0.132. The summed E-state index contributed by atoms with van der Waals surface area (Å²) >= 11 is 6.01. The quantitative estimate of drug-likeness (QED) is 0.846. The van der Waals surface area contributed by atoms with E-state index < -0.39 is 0 Å². The summed E-state index contributed by atoms with van der Waals surface area (Å²) in [6, 6.07) is 3.17. The molecule has 0 aliphatic heterocycles. The molecule has 3 N–H and O–H groups in total. The summed E-state index contributed by atoms with van der Waals surface area (Å²) < 4.78 is 10.3. The number of anilines is 1. The van der Waals surface area contributed by atoms with Crippen LogP contribution < -0.4 is 20.5 Å². The molecule has 1 atom stereocenters. The van der Waals surface area contributed by atoms with E-state index in [2.05, 4.69) is 5.32 Å². The van der Waals surface area contributed by atoms with Gasteiger partial charge in [0.25, 0.3) is 0 Å². The lowest BCUT2D eigenvalue weighted by molar-refractivity contribution is -0.116. The first-order chi connectivity index (χ1) is 9.55. The van der Waals surface area contributed by atoms with Gasteiger partial charge < -0.3 is 20.5 Å². The highest BCUT2D eigenvalue weighted by Gasteiger charge is 2.30. The van der Waals surface area contributed by atoms with Gasteiger partial charge in [0, 0.05) is 24.6 Å². The summed E-state index contributed by atoms with van der Waals surface area (Å²) in [5.74, 6) is 1.33. The molecule has 6 heteroatoms. The molecular formula is C14H19ClN2O3. The molecule has 5 nitrogen and oxygen atoms in total. The number of halogens is 1. The zero-order valence-electron chi connectivity index (χ0n) is 11.6. The van der Waals surface area contributed by atoms with Crippen LogP contribution in [0.2, 0.25) is 5.02 Å². The molecule has 1 amide bonds. The average molecular weight is 299 g/mol. The SMILES string of the molecule is COc1cc(NC(=O)CC(N)C2CC2)c(OC)cc1Cl. The van der Waals surface area contributed by atoms with Crippen molar-refractivity contribution in [3.05, 3.63) is 17.2 Å². The van der Waals surface area contributed by atoms with E-state index in [1.165, 1.54) is 14.2 Å². The van der Waals surface area contributed by atoms with E-state index in [1.54, 1.807) is 12.1 Å². The van der Waals surface area contributed by atoms with Crippen LogP contribution in [0.15, 0.2) is 12.1 Å². The monoisotopic (exact) mass is 298 g/mol. The molecule has 0 radical (unpaired) electrons. The average Bonchev–Trinajstić information content (AvgIpc) is 3.24. The topological polar surface area (TPSA) is 73.6 Å². The number of ether oxygens (including phenoxy) is 2. The lowest BCUT2D eigenvalue weighted by Gasteiger charge is -2.14. The Labute approximate surface area is 123 Å². The number of nitrogens with one attached hydrogen (secondary N) is 1. The van der Waals surface area contributed by atoms with E-state index in [9.17, 15) is 4.79 Å². The highest BCUT2D eigenvalue weighted by Crippen LogP contribution is 2.36. The second-order valence-electron chi connectivity index (χ2n) is 4.94. The van der Waals surface area contributed by atoms with Crippen molar-refractivity contribution in [2.24, 2.45) is 11.7 Å². The van der Waals surface area contributed by atoms with Gasteiger partial charge in [0.1, 0.15) is 11.5 Å². The predicted molar refractivity (Wildman–Crippen MR) is 78.5 cm³/mol. The fourth-order valence-corrected chi connectivity index (χ4v) is 2.30. The Morgan fingerprint density at radius 2 is 2.05 bits per heavy atom. The van der Waals surface area contributed by atoms with Gasteiger partial charge in [-0.05, 0) is 18.8 Å². The van der Waals surface area contributed by atoms with Gasteiger partial charge in [0.15, 0.2) is 0 Å². The molecule has 20 heavy (non-hydrogen) atoms. The first-order valence-electron chi connectivity index (χ1n) is 6.52. The molecule has 1 fully saturated rings. The molecule has 1 aliphatic rings. The van der Waals surface area contributed by atoms with E-state index in [1.807, 2.05) is 0 Å². The van der Waals surface area contributed by atoms with Gasteiger partial charge in [-0.25, -0.2) is 0 Å². The van der Waals surface area contributed by atoms with Crippen molar-refractivity contribution < 1.29 is 14.3 Å². The van der Waals surface area contributed by atoms with Crippen molar-refractivity contribution in [1.82, 2.24) is 0 Å². The summed E-state index contributed by atoms with van der Waals surface area (Å²) in [4.78, 5) is 12.0. The van der Waals surface area contributed by atoms with Crippen molar-refractivity contribution in [1.29, 1.82) is 0 Å². The number of carbonyl (C=O) groups is 1. The molecule has 1 unspecified atom stereocenters. The molecular weight excluding hydrogens is 280 g/mol. The fourth-order valence-electron chi connectivity index (χ4n) is 2.06. The Morgan fingerprint density at radius 3 is 2.60 bits per heavy atom. The Hall–Kier alpha value is -1.46. The highest BCUT2D eigenvalue weighted by molar-refractivity contribution is 6.32. The van der Waals surface area contributed by atoms with Crippen molar-refractivity contribution in [3.8, 4) is 11.5 Å². The maximum Gasteiger partial charge on any atom is 0.226 e. The molecule has 0 spiro atoms. The van der Waals surface area contributed by atoms with Gasteiger partial charge in [-0.2, -0.15) is 0 Å². The Balaban J connectivity index is 2.08. The van der Waals surface area contributed by atoms with Gasteiger partial charge >= 0.3 is 0 Å². The smallest absolute Gasteiger partial charge is 0.226 e. The summed E-state index contributed by atoms with van der Waals surface area (Å²) in [5, 5.41) is 3.22. The molecule has 0 saturated heterocycles. The van der Waals surface area contributed by atoms with E-state index >= 15 is 0 Å². The number of hydrogen-bond acceptors (Lipinski definition) is 4. The second kappa shape index (κ2) is 6.33. The van der Waals surface area contributed by atoms with Crippen LogP contribution in [0, 0.1) is 5.92 Å². The second-order valence-corrected chi connectivity index (χ2v) is 5.35. The third-order valence-corrected chi connectivity index (χ3v) is 3.69. The molecule has 110 valence electrons. The lowest BCUT2D eigenvalue weighted by atomic mass is 10.1. The van der Waals surface area contributed by atoms with Gasteiger partial charge in [-0.3, -0.25) is 4.79 Å². The minimum absolute atomic E-state index is 0.0739. The molecule has 0 heterocycles. The molecule has 2 rings (SSSR count). The van der Waals surface area contributed by atoms with Crippen LogP contribution in [0.5, 0.6) is 11.5 Å². The summed E-state index contributed by atoms with van der Waals surface area (Å²) in [7, 11) is 3.03. The fraction of sp³-hybridized carbons (Fsp3) is 0.500. The summed E-state index contributed by atoms with van der Waals surface area (Å²) in [5.41, 5.74) is 6.48. The van der Waals surface area contributed by atoms with E-state index in [0.717, 1.165) is 12.8 Å². The van der Waals surface area contributed by atoms with Crippen molar-refractivity contribution in [2.75, 3.05) is 19.5 Å². The van der Waals surface area contributed by atoms with Crippen molar-refractivity contribution in [2.45, 2.75) is 25.3 Å². The number of rotatable bonds is 6. The Morgan fingerprint density at radius 1 is 1.40 bits per heavy atom. The predicted octanol–water partition coefficient (Wildman–Crippen LogP) is 2.42. The number of hydrogen-bond donors (Lipinski definition) is 2. The van der Waals surface area contributed by atoms with E-state index in [-0.39, 0.29) is 11.9 Å². The van der Waals surface area contributed by atoms with Crippen LogP contribution in [0.1, 0.15) is 19.3 Å². The van der Waals surface area contributed by atoms with Crippen molar-refractivity contribution in [3.63, 3.8) is 0 Å². The first-order valence-corrected chi connectivity index (χ1v) is 6.90. The van der Waals surface area contributed by atoms with Crippen LogP contribution in [-0.2, 0) is 4.79 Å². The molecule has 1 aromatic carbocycles. The minimum Gasteiger partial charge on any atom is -0.495 e. The van der Waals surface area contributed by atoms with Gasteiger partial charge in [-0.15, -0.1) is 0 Å². The number of amides is 1. The summed E-state index contributed by atoms with van der Waals surface area (Å²) in [6.45, 7) is 0. The third kappa shape index (κ3) is 3.55. The zero-order valence-corrected chi connectivity index (χ0v) is 12.4. The Kier molecular flexibility index (Phi) is 4.73. The van der Waals surface area contributed by atoms with Crippen LogP contribution in [-0.4, -0.2) is 26.2 Å². The largest absolute Gasteiger partial charge is 0.495 e. The number of methoxy groups -OCH3 is 2. The molecule has 1 aromatic rings. The van der Waals surface area contributed by atoms with Crippen LogP contribution in [0.3, 0.4) is 0 Å². The molecule has 0 aromatic heterocycles.